The summed E-state index contributed by atoms with van der Waals surface area (Å²) in [6.07, 6.45) is 6.59. The van der Waals surface area contributed by atoms with E-state index in [1.165, 1.54) is 0 Å². The molecule has 7 heteroatoms. The number of hydrogen-bond acceptors (Lipinski definition) is 4. The lowest BCUT2D eigenvalue weighted by atomic mass is 10.00. The number of carbonyl (C=O) groups excluding carboxylic acids is 1. The Balaban J connectivity index is 1.68. The van der Waals surface area contributed by atoms with Crippen LogP contribution in [-0.4, -0.2) is 38.8 Å². The number of ether oxygens (including phenoxy) is 1. The lowest BCUT2D eigenvalue weighted by molar-refractivity contribution is 0.147. The van der Waals surface area contributed by atoms with E-state index in [2.05, 4.69) is 15.4 Å². The van der Waals surface area contributed by atoms with Gasteiger partial charge in [-0.3, -0.25) is 4.68 Å². The first-order chi connectivity index (χ1) is 12.2. The molecule has 1 aliphatic heterocycles. The Morgan fingerprint density at radius 2 is 2.24 bits per heavy atom. The maximum Gasteiger partial charge on any atom is 0.318 e. The largest absolute Gasteiger partial charge is 0.478 e. The number of likely N-dealkylation sites (tertiary alicyclic amines) is 1. The maximum atomic E-state index is 12.8. The van der Waals surface area contributed by atoms with E-state index in [4.69, 9.17) is 4.74 Å². The van der Waals surface area contributed by atoms with Crippen molar-refractivity contribution in [2.24, 2.45) is 7.05 Å². The van der Waals surface area contributed by atoms with Gasteiger partial charge in [-0.1, -0.05) is 6.07 Å². The Hall–Kier alpha value is -2.57. The fourth-order valence-electron chi connectivity index (χ4n) is 3.29. The van der Waals surface area contributed by atoms with Crippen LogP contribution in [0.25, 0.3) is 0 Å². The quantitative estimate of drug-likeness (QED) is 0.906. The van der Waals surface area contributed by atoms with Gasteiger partial charge in [0.05, 0.1) is 18.3 Å². The third-order valence-corrected chi connectivity index (χ3v) is 4.52. The number of aromatic nitrogens is 3. The zero-order chi connectivity index (χ0) is 17.6. The van der Waals surface area contributed by atoms with E-state index >= 15 is 0 Å². The molecule has 2 amide bonds. The zero-order valence-electron chi connectivity index (χ0n) is 14.8. The molecule has 0 radical (unpaired) electrons. The van der Waals surface area contributed by atoms with Gasteiger partial charge in [-0.25, -0.2) is 9.78 Å². The third kappa shape index (κ3) is 3.92. The highest BCUT2D eigenvalue weighted by Gasteiger charge is 2.29. The number of hydrogen-bond donors (Lipinski definition) is 1. The third-order valence-electron chi connectivity index (χ3n) is 4.52. The molecule has 3 heterocycles. The molecule has 0 saturated carbocycles. The van der Waals surface area contributed by atoms with Crippen molar-refractivity contribution in [1.82, 2.24) is 25.0 Å². The second kappa shape index (κ2) is 8.00. The van der Waals surface area contributed by atoms with Crippen molar-refractivity contribution in [1.29, 1.82) is 0 Å². The molecule has 134 valence electrons. The molecule has 2 aromatic heterocycles. The van der Waals surface area contributed by atoms with Gasteiger partial charge in [0.2, 0.25) is 5.88 Å². The van der Waals surface area contributed by atoms with Crippen LogP contribution < -0.4 is 10.1 Å². The summed E-state index contributed by atoms with van der Waals surface area (Å²) >= 11 is 0. The molecule has 25 heavy (non-hydrogen) atoms. The van der Waals surface area contributed by atoms with Crippen molar-refractivity contribution < 1.29 is 9.53 Å². The van der Waals surface area contributed by atoms with Crippen LogP contribution >= 0.6 is 0 Å². The van der Waals surface area contributed by atoms with Crippen LogP contribution in [0.4, 0.5) is 4.79 Å². The summed E-state index contributed by atoms with van der Waals surface area (Å²) in [5.74, 6) is 0.576. The minimum Gasteiger partial charge on any atom is -0.478 e. The second-order valence-corrected chi connectivity index (χ2v) is 6.14. The summed E-state index contributed by atoms with van der Waals surface area (Å²) in [4.78, 5) is 18.9. The molecule has 0 unspecified atom stereocenters. The number of rotatable bonds is 5. The van der Waals surface area contributed by atoms with Gasteiger partial charge in [0, 0.05) is 38.1 Å². The Morgan fingerprint density at radius 3 is 3.00 bits per heavy atom. The van der Waals surface area contributed by atoms with Gasteiger partial charge in [-0.05, 0) is 38.3 Å². The minimum absolute atomic E-state index is 0.0581. The number of pyridine rings is 1. The molecule has 0 spiro atoms. The highest BCUT2D eigenvalue weighted by Crippen LogP contribution is 2.30. The average Bonchev–Trinajstić information content (AvgIpc) is 3.07. The van der Waals surface area contributed by atoms with E-state index in [9.17, 15) is 4.79 Å². The van der Waals surface area contributed by atoms with Crippen molar-refractivity contribution in [3.63, 3.8) is 0 Å². The van der Waals surface area contributed by atoms with Gasteiger partial charge in [0.25, 0.3) is 0 Å². The first kappa shape index (κ1) is 17.3. The lowest BCUT2D eigenvalue weighted by Crippen LogP contribution is -2.44. The summed E-state index contributed by atoms with van der Waals surface area (Å²) in [7, 11) is 1.92. The van der Waals surface area contributed by atoms with Gasteiger partial charge < -0.3 is 15.0 Å². The number of amides is 2. The topological polar surface area (TPSA) is 72.3 Å². The Labute approximate surface area is 148 Å². The van der Waals surface area contributed by atoms with Crippen molar-refractivity contribution >= 4 is 6.03 Å². The molecule has 1 N–H and O–H groups in total. The van der Waals surface area contributed by atoms with Gasteiger partial charge >= 0.3 is 6.03 Å². The van der Waals surface area contributed by atoms with Gasteiger partial charge in [0.1, 0.15) is 0 Å². The fourth-order valence-corrected chi connectivity index (χ4v) is 3.29. The molecule has 0 aromatic carbocycles. The average molecular weight is 343 g/mol. The normalized spacial score (nSPS) is 17.4. The number of nitrogens with zero attached hydrogens (tertiary/aromatic N) is 4. The molecule has 3 rings (SSSR count). The number of piperidine rings is 1. The van der Waals surface area contributed by atoms with E-state index in [0.717, 1.165) is 37.1 Å². The first-order valence-electron chi connectivity index (χ1n) is 8.79. The summed E-state index contributed by atoms with van der Waals surface area (Å²) in [6.45, 7) is 3.62. The summed E-state index contributed by atoms with van der Waals surface area (Å²) in [6, 6.07) is 5.78. The fraction of sp³-hybridized carbons (Fsp3) is 0.500. The van der Waals surface area contributed by atoms with Gasteiger partial charge in [-0.2, -0.15) is 5.10 Å². The monoisotopic (exact) mass is 343 g/mol. The highest BCUT2D eigenvalue weighted by molar-refractivity contribution is 5.75. The van der Waals surface area contributed by atoms with Gasteiger partial charge in [0.15, 0.2) is 0 Å². The number of aryl methyl sites for hydroxylation is 1. The highest BCUT2D eigenvalue weighted by atomic mass is 16.5. The number of nitrogens with one attached hydrogen (secondary N) is 1. The number of urea groups is 1. The van der Waals surface area contributed by atoms with E-state index in [0.29, 0.717) is 19.0 Å². The number of carbonyl (C=O) groups is 1. The van der Waals surface area contributed by atoms with Crippen LogP contribution in [0, 0.1) is 0 Å². The molecule has 1 saturated heterocycles. The molecule has 7 nitrogen and oxygen atoms in total. The van der Waals surface area contributed by atoms with E-state index in [1.807, 2.05) is 41.8 Å². The molecule has 2 aromatic rings. The standard InChI is InChI=1S/C18H25N5O2/c1-3-25-17-14(7-6-10-19-17)13-20-18(24)23-12-5-4-8-16(23)15-9-11-21-22(15)2/h6-7,9-11,16H,3-5,8,12-13H2,1-2H3,(H,20,24)/t16-/m0/s1. The van der Waals surface area contributed by atoms with Crippen LogP contribution in [0.3, 0.4) is 0 Å². The van der Waals surface area contributed by atoms with Crippen LogP contribution in [-0.2, 0) is 13.6 Å². The van der Waals surface area contributed by atoms with Crippen molar-refractivity contribution in [3.8, 4) is 5.88 Å². The van der Waals surface area contributed by atoms with E-state index in [1.54, 1.807) is 12.4 Å². The zero-order valence-corrected chi connectivity index (χ0v) is 14.8. The summed E-state index contributed by atoms with van der Waals surface area (Å²) in [5.41, 5.74) is 1.96. The molecule has 1 fully saturated rings. The van der Waals surface area contributed by atoms with Crippen LogP contribution in [0.5, 0.6) is 5.88 Å². The second-order valence-electron chi connectivity index (χ2n) is 6.14. The van der Waals surface area contributed by atoms with E-state index in [-0.39, 0.29) is 12.1 Å². The van der Waals surface area contributed by atoms with E-state index < -0.39 is 0 Å². The Morgan fingerprint density at radius 1 is 1.36 bits per heavy atom. The van der Waals surface area contributed by atoms with Crippen molar-refractivity contribution in [2.75, 3.05) is 13.2 Å². The molecule has 0 bridgehead atoms. The first-order valence-corrected chi connectivity index (χ1v) is 8.79. The lowest BCUT2D eigenvalue weighted by Gasteiger charge is -2.35. The molecular weight excluding hydrogens is 318 g/mol. The molecule has 1 aliphatic rings. The summed E-state index contributed by atoms with van der Waals surface area (Å²) in [5, 5.41) is 7.26. The predicted octanol–water partition coefficient (Wildman–Crippen LogP) is 2.65. The predicted molar refractivity (Wildman–Crippen MR) is 94.1 cm³/mol. The van der Waals surface area contributed by atoms with Crippen LogP contribution in [0.1, 0.15) is 43.5 Å². The Kier molecular flexibility index (Phi) is 5.53. The molecule has 1 atom stereocenters. The maximum absolute atomic E-state index is 12.8. The molecule has 0 aliphatic carbocycles. The smallest absolute Gasteiger partial charge is 0.318 e. The van der Waals surface area contributed by atoms with Crippen molar-refractivity contribution in [3.05, 3.63) is 41.9 Å². The SMILES string of the molecule is CCOc1ncccc1CNC(=O)N1CCCC[C@H]1c1ccnn1C. The Bertz CT molecular complexity index is 715. The molecular formula is C18H25N5O2. The van der Waals surface area contributed by atoms with Crippen LogP contribution in [0.15, 0.2) is 30.6 Å². The van der Waals surface area contributed by atoms with Gasteiger partial charge in [-0.15, -0.1) is 0 Å². The van der Waals surface area contributed by atoms with Crippen LogP contribution in [0.2, 0.25) is 0 Å². The summed E-state index contributed by atoms with van der Waals surface area (Å²) < 4.78 is 7.37. The minimum atomic E-state index is -0.0581. The van der Waals surface area contributed by atoms with Crippen molar-refractivity contribution in [2.45, 2.75) is 38.8 Å².